The van der Waals surface area contributed by atoms with Crippen LogP contribution in [-0.2, 0) is 0 Å². The Hall–Kier alpha value is -3.52. The summed E-state index contributed by atoms with van der Waals surface area (Å²) in [6, 6.07) is 40.2. The predicted octanol–water partition coefficient (Wildman–Crippen LogP) is 8.21. The van der Waals surface area contributed by atoms with E-state index in [-0.39, 0.29) is 11.6 Å². The average Bonchev–Trinajstić information content (AvgIpc) is 3.56. The summed E-state index contributed by atoms with van der Waals surface area (Å²) >= 11 is 0. The van der Waals surface area contributed by atoms with Gasteiger partial charge in [-0.3, -0.25) is 0 Å². The number of nitrogens with zero attached hydrogens (tertiary/aromatic N) is 1. The normalized spacial score (nSPS) is 18.6. The zero-order valence-electron chi connectivity index (χ0n) is 32.3. The fraction of sp³-hybridized carbons (Fsp3) is 0.348. The van der Waals surface area contributed by atoms with Crippen LogP contribution in [0.5, 0.6) is 11.5 Å². The van der Waals surface area contributed by atoms with E-state index in [0.29, 0.717) is 12.0 Å². The van der Waals surface area contributed by atoms with Gasteiger partial charge in [-0.25, -0.2) is 0 Å². The number of rotatable bonds is 12. The van der Waals surface area contributed by atoms with E-state index >= 15 is 0 Å². The van der Waals surface area contributed by atoms with Crippen LogP contribution in [0.4, 0.5) is 0 Å². The minimum absolute atomic E-state index is 0.0403. The molecule has 1 N–H and O–H groups in total. The largest absolute Gasteiger partial charge is 0.496 e. The Kier molecular flexibility index (Phi) is 12.2. The smallest absolute Gasteiger partial charge is 0.124 e. The number of aryl methyl sites for hydroxylation is 4. The molecule has 1 aliphatic rings. The van der Waals surface area contributed by atoms with Crippen LogP contribution in [0.1, 0.15) is 53.7 Å². The molecule has 1 fully saturated rings. The molecule has 1 saturated carbocycles. The second-order valence-electron chi connectivity index (χ2n) is 14.7. The maximum atomic E-state index is 13.2. The van der Waals surface area contributed by atoms with Crippen LogP contribution >= 0.6 is 15.8 Å². The van der Waals surface area contributed by atoms with Crippen LogP contribution in [-0.4, -0.2) is 50.0 Å². The van der Waals surface area contributed by atoms with Crippen LogP contribution in [0, 0.1) is 39.5 Å². The van der Waals surface area contributed by atoms with Crippen molar-refractivity contribution >= 4 is 42.4 Å². The molecule has 5 aromatic rings. The molecule has 52 heavy (non-hydrogen) atoms. The molecule has 0 aliphatic heterocycles. The van der Waals surface area contributed by atoms with E-state index in [1.165, 1.54) is 26.5 Å². The first kappa shape index (κ1) is 38.2. The van der Waals surface area contributed by atoms with Crippen LogP contribution in [0.15, 0.2) is 109 Å². The molecular weight excluding hydrogens is 676 g/mol. The zero-order chi connectivity index (χ0) is 37.1. The molecule has 5 aromatic carbocycles. The van der Waals surface area contributed by atoms with Crippen LogP contribution in [0.25, 0.3) is 0 Å². The number of ether oxygens (including phenoxy) is 2. The third-order valence-corrected chi connectivity index (χ3v) is 16.7. The Labute approximate surface area is 314 Å². The summed E-state index contributed by atoms with van der Waals surface area (Å²) in [6.45, 7) is 11.0. The molecular formula is C46H55NO3P2. The van der Waals surface area contributed by atoms with Gasteiger partial charge in [0.25, 0.3) is 0 Å². The Balaban J connectivity index is 1.56. The van der Waals surface area contributed by atoms with Crippen LogP contribution in [0.3, 0.4) is 0 Å². The molecule has 0 aromatic heterocycles. The topological polar surface area (TPSA) is 41.9 Å². The fourth-order valence-corrected chi connectivity index (χ4v) is 14.8. The van der Waals surface area contributed by atoms with Gasteiger partial charge in [0, 0.05) is 12.0 Å². The maximum Gasteiger partial charge on any atom is 0.124 e. The van der Waals surface area contributed by atoms with E-state index in [9.17, 15) is 5.11 Å². The minimum Gasteiger partial charge on any atom is -0.496 e. The number of hydrogen-bond donors (Lipinski definition) is 1. The molecule has 0 heterocycles. The zero-order valence-corrected chi connectivity index (χ0v) is 34.1. The standard InChI is InChI=1S/C46H55NO3P2/c1-30-26-37(27-31(2)45(30)49-8)52(38-28-32(3)46(50-9)33(4)29-38)42-25-24-39(34(5)47(6)7)43(42)44(48)40-22-16-17-23-41(40)51(35-18-12-10-13-19-35)36-20-14-11-15-21-36/h10-23,26-29,34,39,42-44,48H,24-25H2,1-9H3/t34-,39?,42+,43-,44+/m1/s1. The molecule has 0 saturated heterocycles. The van der Waals surface area contributed by atoms with Gasteiger partial charge < -0.3 is 19.5 Å². The van der Waals surface area contributed by atoms with Crippen molar-refractivity contribution < 1.29 is 14.6 Å². The summed E-state index contributed by atoms with van der Waals surface area (Å²) in [6.07, 6.45) is 1.49. The summed E-state index contributed by atoms with van der Waals surface area (Å²) in [7, 11) is 6.13. The highest BCUT2D eigenvalue weighted by atomic mass is 31.1. The molecule has 6 heteroatoms. The molecule has 0 radical (unpaired) electrons. The summed E-state index contributed by atoms with van der Waals surface area (Å²) in [5.41, 5.74) is 5.94. The van der Waals surface area contributed by atoms with Crippen molar-refractivity contribution in [3.63, 3.8) is 0 Å². The number of benzene rings is 5. The lowest BCUT2D eigenvalue weighted by atomic mass is 9.82. The predicted molar refractivity (Wildman–Crippen MR) is 224 cm³/mol. The Morgan fingerprint density at radius 2 is 1.08 bits per heavy atom. The molecule has 272 valence electrons. The molecule has 6 rings (SSSR count). The van der Waals surface area contributed by atoms with Crippen molar-refractivity contribution in [3.8, 4) is 11.5 Å². The highest BCUT2D eigenvalue weighted by molar-refractivity contribution is 7.80. The van der Waals surface area contributed by atoms with Crippen molar-refractivity contribution in [1.29, 1.82) is 0 Å². The maximum absolute atomic E-state index is 13.2. The quantitative estimate of drug-likeness (QED) is 0.132. The van der Waals surface area contributed by atoms with Gasteiger partial charge in [0.15, 0.2) is 0 Å². The second-order valence-corrected chi connectivity index (χ2v) is 19.3. The van der Waals surface area contributed by atoms with Crippen molar-refractivity contribution in [2.24, 2.45) is 11.8 Å². The Bertz CT molecular complexity index is 1820. The second kappa shape index (κ2) is 16.7. The first-order chi connectivity index (χ1) is 25.0. The van der Waals surface area contributed by atoms with E-state index in [4.69, 9.17) is 9.47 Å². The minimum atomic E-state index is -0.894. The number of hydrogen-bond acceptors (Lipinski definition) is 4. The van der Waals surface area contributed by atoms with Crippen LogP contribution < -0.4 is 36.0 Å². The van der Waals surface area contributed by atoms with Gasteiger partial charge in [-0.1, -0.05) is 84.9 Å². The van der Waals surface area contributed by atoms with Gasteiger partial charge in [0.2, 0.25) is 0 Å². The molecule has 0 amide bonds. The van der Waals surface area contributed by atoms with Crippen molar-refractivity contribution in [1.82, 2.24) is 4.90 Å². The van der Waals surface area contributed by atoms with Crippen molar-refractivity contribution in [2.45, 2.75) is 65.3 Å². The SMILES string of the molecule is COc1c(C)cc(P(c2cc(C)c(OC)c(C)c2)[C@H]2CCC([C@@H](C)N(C)C)[C@H]2[C@@H](O)c2ccccc2P(c2ccccc2)c2ccccc2)cc1C. The first-order valence-corrected chi connectivity index (χ1v) is 21.2. The monoisotopic (exact) mass is 731 g/mol. The van der Waals surface area contributed by atoms with Gasteiger partial charge in [-0.2, -0.15) is 0 Å². The molecule has 1 aliphatic carbocycles. The van der Waals surface area contributed by atoms with Gasteiger partial charge in [-0.15, -0.1) is 0 Å². The third kappa shape index (κ3) is 7.60. The summed E-state index contributed by atoms with van der Waals surface area (Å²) in [4.78, 5) is 2.35. The lowest BCUT2D eigenvalue weighted by Crippen LogP contribution is -2.40. The molecule has 0 bridgehead atoms. The van der Waals surface area contributed by atoms with E-state index in [1.807, 2.05) is 0 Å². The number of methoxy groups -OCH3 is 2. The highest BCUT2D eigenvalue weighted by Crippen LogP contribution is 2.57. The van der Waals surface area contributed by atoms with E-state index < -0.39 is 21.9 Å². The van der Waals surface area contributed by atoms with Gasteiger partial charge in [0.05, 0.1) is 20.3 Å². The van der Waals surface area contributed by atoms with E-state index in [2.05, 4.69) is 163 Å². The number of aliphatic hydroxyl groups is 1. The molecule has 0 spiro atoms. The Morgan fingerprint density at radius 1 is 0.635 bits per heavy atom. The third-order valence-electron chi connectivity index (χ3n) is 11.2. The van der Waals surface area contributed by atoms with E-state index in [0.717, 1.165) is 52.2 Å². The lowest BCUT2D eigenvalue weighted by Gasteiger charge is -2.40. The van der Waals surface area contributed by atoms with Crippen molar-refractivity contribution in [2.75, 3.05) is 28.3 Å². The Morgan fingerprint density at radius 3 is 1.52 bits per heavy atom. The van der Waals surface area contributed by atoms with Gasteiger partial charge in [-0.05, 0) is 168 Å². The van der Waals surface area contributed by atoms with Crippen molar-refractivity contribution in [3.05, 3.63) is 137 Å². The first-order valence-electron chi connectivity index (χ1n) is 18.5. The molecule has 5 atom stereocenters. The summed E-state index contributed by atoms with van der Waals surface area (Å²) in [5.74, 6) is 2.26. The van der Waals surface area contributed by atoms with Gasteiger partial charge >= 0.3 is 0 Å². The van der Waals surface area contributed by atoms with Gasteiger partial charge in [0.1, 0.15) is 11.5 Å². The van der Waals surface area contributed by atoms with Crippen LogP contribution in [0.2, 0.25) is 0 Å². The summed E-state index contributed by atoms with van der Waals surface area (Å²) in [5, 5.41) is 19.7. The number of aliphatic hydroxyl groups excluding tert-OH is 1. The lowest BCUT2D eigenvalue weighted by molar-refractivity contribution is 0.0616. The molecule has 4 nitrogen and oxygen atoms in total. The average molecular weight is 732 g/mol. The highest BCUT2D eigenvalue weighted by Gasteiger charge is 2.48. The fourth-order valence-electron chi connectivity index (χ4n) is 8.76. The summed E-state index contributed by atoms with van der Waals surface area (Å²) < 4.78 is 11.7. The molecule has 1 unspecified atom stereocenters. The van der Waals surface area contributed by atoms with E-state index in [1.54, 1.807) is 14.2 Å².